The molecule has 158 valence electrons. The summed E-state index contributed by atoms with van der Waals surface area (Å²) in [5.41, 5.74) is 6.71. The predicted octanol–water partition coefficient (Wildman–Crippen LogP) is 5.74. The number of nitrogens with one attached hydrogen (secondary N) is 1. The molecular formula is C27H29N3O. The lowest BCUT2D eigenvalue weighted by atomic mass is 9.93. The third kappa shape index (κ3) is 3.96. The molecule has 0 atom stereocenters. The molecule has 0 bridgehead atoms. The highest BCUT2D eigenvalue weighted by Gasteiger charge is 2.18. The van der Waals surface area contributed by atoms with Crippen LogP contribution in [0.5, 0.6) is 0 Å². The lowest BCUT2D eigenvalue weighted by molar-refractivity contribution is 0.221. The van der Waals surface area contributed by atoms with Crippen LogP contribution in [0, 0.1) is 5.41 Å². The van der Waals surface area contributed by atoms with E-state index in [1.807, 2.05) is 32.3 Å². The number of fused-ring (bicyclic) bond motifs is 2. The van der Waals surface area contributed by atoms with Gasteiger partial charge in [0.25, 0.3) is 0 Å². The van der Waals surface area contributed by atoms with Gasteiger partial charge in [-0.15, -0.1) is 0 Å². The summed E-state index contributed by atoms with van der Waals surface area (Å²) < 4.78 is 6.25. The summed E-state index contributed by atoms with van der Waals surface area (Å²) in [7, 11) is 4.07. The molecule has 0 spiro atoms. The van der Waals surface area contributed by atoms with E-state index in [-0.39, 0.29) is 0 Å². The molecule has 0 aromatic heterocycles. The molecule has 0 unspecified atom stereocenters. The third-order valence-electron chi connectivity index (χ3n) is 6.32. The van der Waals surface area contributed by atoms with Crippen LogP contribution in [0.4, 0.5) is 5.69 Å². The molecule has 2 heterocycles. The number of likely N-dealkylation sites (tertiary alicyclic amines) is 1. The predicted molar refractivity (Wildman–Crippen MR) is 128 cm³/mol. The van der Waals surface area contributed by atoms with E-state index < -0.39 is 0 Å². The smallest absolute Gasteiger partial charge is 0.137 e. The Labute approximate surface area is 183 Å². The van der Waals surface area contributed by atoms with Crippen LogP contribution in [0.3, 0.4) is 0 Å². The molecule has 1 fully saturated rings. The fraction of sp³-hybridized carbons (Fsp3) is 0.296. The number of anilines is 1. The zero-order valence-electron chi connectivity index (χ0n) is 18.3. The highest BCUT2D eigenvalue weighted by atomic mass is 16.3. The summed E-state index contributed by atoms with van der Waals surface area (Å²) in [4.78, 5) is 4.64. The molecule has 5 rings (SSSR count). The van der Waals surface area contributed by atoms with Crippen molar-refractivity contribution in [3.05, 3.63) is 71.6 Å². The van der Waals surface area contributed by atoms with Gasteiger partial charge in [0, 0.05) is 55.0 Å². The molecule has 0 radical (unpaired) electrons. The molecule has 2 aliphatic heterocycles. The highest BCUT2D eigenvalue weighted by Crippen LogP contribution is 2.40. The van der Waals surface area contributed by atoms with Crippen molar-refractivity contribution in [2.75, 3.05) is 32.1 Å². The van der Waals surface area contributed by atoms with Crippen molar-refractivity contribution in [3.8, 4) is 22.5 Å². The Kier molecular flexibility index (Phi) is 5.24. The molecule has 4 heteroatoms. The minimum Gasteiger partial charge on any atom is -0.456 e. The Morgan fingerprint density at radius 2 is 1.68 bits per heavy atom. The number of piperidine rings is 1. The SMILES string of the molecule is CN(C)c1ccc2c(-c3ccc(CN4CCCCC4)cc3)c3ccc(=N)cc-3oc2c1. The summed E-state index contributed by atoms with van der Waals surface area (Å²) in [6, 6.07) is 21.0. The van der Waals surface area contributed by atoms with Crippen molar-refractivity contribution in [2.24, 2.45) is 0 Å². The molecule has 0 saturated carbocycles. The quantitative estimate of drug-likeness (QED) is 0.436. The minimum absolute atomic E-state index is 0.460. The number of hydrogen-bond donors (Lipinski definition) is 1. The molecule has 1 N–H and O–H groups in total. The first-order valence-electron chi connectivity index (χ1n) is 11.1. The van der Waals surface area contributed by atoms with Gasteiger partial charge in [-0.1, -0.05) is 30.7 Å². The topological polar surface area (TPSA) is 43.5 Å². The monoisotopic (exact) mass is 411 g/mol. The first-order chi connectivity index (χ1) is 15.1. The highest BCUT2D eigenvalue weighted by molar-refractivity contribution is 6.02. The van der Waals surface area contributed by atoms with Crippen LogP contribution in [0.1, 0.15) is 24.8 Å². The third-order valence-corrected chi connectivity index (χ3v) is 6.32. The molecule has 0 amide bonds. The normalized spacial score (nSPS) is 14.9. The Morgan fingerprint density at radius 1 is 0.903 bits per heavy atom. The van der Waals surface area contributed by atoms with Gasteiger partial charge < -0.3 is 14.7 Å². The standard InChI is InChI=1S/C27H29N3O/c1-29(2)22-11-13-24-26(17-22)31-25-16-21(28)10-12-23(25)27(24)20-8-6-19(7-9-20)18-30-14-4-3-5-15-30/h6-13,16-17,28H,3-5,14-15,18H2,1-2H3. The molecule has 2 aromatic carbocycles. The zero-order chi connectivity index (χ0) is 21.4. The van der Waals surface area contributed by atoms with Crippen LogP contribution in [-0.2, 0) is 6.54 Å². The number of benzene rings is 3. The number of nitrogens with zero attached hydrogens (tertiary/aromatic N) is 2. The number of hydrogen-bond acceptors (Lipinski definition) is 4. The van der Waals surface area contributed by atoms with E-state index in [2.05, 4.69) is 52.3 Å². The maximum absolute atomic E-state index is 8.05. The first-order valence-corrected chi connectivity index (χ1v) is 11.1. The van der Waals surface area contributed by atoms with Crippen LogP contribution >= 0.6 is 0 Å². The van der Waals surface area contributed by atoms with Crippen LogP contribution < -0.4 is 10.3 Å². The van der Waals surface area contributed by atoms with E-state index in [9.17, 15) is 0 Å². The summed E-state index contributed by atoms with van der Waals surface area (Å²) in [5.74, 6) is 0.753. The average molecular weight is 412 g/mol. The van der Waals surface area contributed by atoms with Crippen molar-refractivity contribution < 1.29 is 4.42 Å². The van der Waals surface area contributed by atoms with Gasteiger partial charge in [-0.25, -0.2) is 0 Å². The molecule has 1 aliphatic carbocycles. The van der Waals surface area contributed by atoms with Crippen LogP contribution in [0.25, 0.3) is 33.4 Å². The first kappa shape index (κ1) is 19.8. The Bertz CT molecular complexity index is 1230. The van der Waals surface area contributed by atoms with Gasteiger partial charge in [-0.2, -0.15) is 0 Å². The minimum atomic E-state index is 0.460. The summed E-state index contributed by atoms with van der Waals surface area (Å²) in [6.45, 7) is 3.45. The molecular weight excluding hydrogens is 382 g/mol. The summed E-state index contributed by atoms with van der Waals surface area (Å²) >= 11 is 0. The lowest BCUT2D eigenvalue weighted by Crippen LogP contribution is -2.28. The maximum Gasteiger partial charge on any atom is 0.137 e. The van der Waals surface area contributed by atoms with Crippen LogP contribution in [-0.4, -0.2) is 32.1 Å². The second-order valence-corrected chi connectivity index (χ2v) is 8.80. The molecule has 4 nitrogen and oxygen atoms in total. The zero-order valence-corrected chi connectivity index (χ0v) is 18.3. The molecule has 2 aromatic rings. The van der Waals surface area contributed by atoms with Gasteiger partial charge in [0.1, 0.15) is 11.3 Å². The largest absolute Gasteiger partial charge is 0.456 e. The average Bonchev–Trinajstić information content (AvgIpc) is 2.78. The van der Waals surface area contributed by atoms with Crippen molar-refractivity contribution in [1.82, 2.24) is 4.90 Å². The maximum atomic E-state index is 8.05. The second-order valence-electron chi connectivity index (χ2n) is 8.80. The van der Waals surface area contributed by atoms with Crippen molar-refractivity contribution in [1.29, 1.82) is 5.41 Å². The van der Waals surface area contributed by atoms with Gasteiger partial charge in [0.2, 0.25) is 0 Å². The van der Waals surface area contributed by atoms with E-state index in [0.717, 1.165) is 34.5 Å². The number of rotatable bonds is 4. The van der Waals surface area contributed by atoms with Crippen molar-refractivity contribution >= 4 is 16.7 Å². The van der Waals surface area contributed by atoms with E-state index >= 15 is 0 Å². The van der Waals surface area contributed by atoms with Crippen molar-refractivity contribution in [3.63, 3.8) is 0 Å². The van der Waals surface area contributed by atoms with Gasteiger partial charge in [-0.05, 0) is 61.3 Å². The van der Waals surface area contributed by atoms with E-state index in [0.29, 0.717) is 5.36 Å². The summed E-state index contributed by atoms with van der Waals surface area (Å²) in [6.07, 6.45) is 4.00. The van der Waals surface area contributed by atoms with Gasteiger partial charge in [-0.3, -0.25) is 4.90 Å². The Morgan fingerprint density at radius 3 is 2.42 bits per heavy atom. The van der Waals surface area contributed by atoms with Gasteiger partial charge >= 0.3 is 0 Å². The molecule has 31 heavy (non-hydrogen) atoms. The van der Waals surface area contributed by atoms with E-state index in [4.69, 9.17) is 9.83 Å². The Hall–Kier alpha value is -3.11. The van der Waals surface area contributed by atoms with Crippen molar-refractivity contribution in [2.45, 2.75) is 25.8 Å². The van der Waals surface area contributed by atoms with Gasteiger partial charge in [0.05, 0.1) is 5.36 Å². The Balaban J connectivity index is 1.61. The fourth-order valence-electron chi connectivity index (χ4n) is 4.62. The van der Waals surface area contributed by atoms with E-state index in [1.165, 1.54) is 49.0 Å². The van der Waals surface area contributed by atoms with E-state index in [1.54, 1.807) is 0 Å². The molecule has 3 aliphatic rings. The van der Waals surface area contributed by atoms with Crippen LogP contribution in [0.2, 0.25) is 0 Å². The fourth-order valence-corrected chi connectivity index (χ4v) is 4.62. The second kappa shape index (κ2) is 8.20. The summed E-state index contributed by atoms with van der Waals surface area (Å²) in [5, 5.41) is 9.61. The molecule has 1 saturated heterocycles. The lowest BCUT2D eigenvalue weighted by Gasteiger charge is -2.26. The van der Waals surface area contributed by atoms with Crippen LogP contribution in [0.15, 0.2) is 65.1 Å². The van der Waals surface area contributed by atoms with Gasteiger partial charge in [0.15, 0.2) is 0 Å².